The predicted molar refractivity (Wildman–Crippen MR) is 70.8 cm³/mol. The first-order valence-electron chi connectivity index (χ1n) is 5.24. The summed E-state index contributed by atoms with van der Waals surface area (Å²) in [6.45, 7) is 2.90. The molecule has 16 heavy (non-hydrogen) atoms. The molecule has 0 amide bonds. The minimum absolute atomic E-state index is 0.912. The van der Waals surface area contributed by atoms with Crippen LogP contribution in [0.25, 0.3) is 0 Å². The van der Waals surface area contributed by atoms with Crippen molar-refractivity contribution < 1.29 is 0 Å². The molecule has 0 radical (unpaired) electrons. The second-order valence-electron chi connectivity index (χ2n) is 3.55. The molecule has 1 N–H and O–H groups in total. The third kappa shape index (κ3) is 3.73. The van der Waals surface area contributed by atoms with E-state index in [-0.39, 0.29) is 0 Å². The Balaban J connectivity index is 1.59. The Labute approximate surface area is 108 Å². The van der Waals surface area contributed by atoms with Crippen LogP contribution in [0.15, 0.2) is 33.7 Å². The highest BCUT2D eigenvalue weighted by molar-refractivity contribution is 9.10. The molecule has 0 atom stereocenters. The summed E-state index contributed by atoms with van der Waals surface area (Å²) in [6, 6.07) is 2.18. The second kappa shape index (κ2) is 6.18. The summed E-state index contributed by atoms with van der Waals surface area (Å²) >= 11 is 5.13. The molecule has 86 valence electrons. The van der Waals surface area contributed by atoms with E-state index in [0.717, 1.165) is 30.5 Å². The maximum Gasteiger partial charge on any atom is 0.0632 e. The Kier molecular flexibility index (Phi) is 4.56. The number of hydrogen-bond donors (Lipinski definition) is 1. The van der Waals surface area contributed by atoms with E-state index in [0.29, 0.717) is 0 Å². The van der Waals surface area contributed by atoms with Crippen LogP contribution in [-0.4, -0.2) is 22.9 Å². The summed E-state index contributed by atoms with van der Waals surface area (Å²) in [6.07, 6.45) is 4.90. The third-order valence-electron chi connectivity index (χ3n) is 2.29. The van der Waals surface area contributed by atoms with Gasteiger partial charge in [0.2, 0.25) is 0 Å². The molecule has 3 nitrogen and oxygen atoms in total. The molecule has 2 heterocycles. The van der Waals surface area contributed by atoms with Gasteiger partial charge in [-0.05, 0) is 51.3 Å². The van der Waals surface area contributed by atoms with E-state index in [1.54, 1.807) is 11.3 Å². The normalized spacial score (nSPS) is 10.8. The second-order valence-corrected chi connectivity index (χ2v) is 5.25. The zero-order valence-corrected chi connectivity index (χ0v) is 11.3. The minimum Gasteiger partial charge on any atom is -0.315 e. The molecule has 0 saturated carbocycles. The quantitative estimate of drug-likeness (QED) is 0.831. The van der Waals surface area contributed by atoms with Gasteiger partial charge in [0.1, 0.15) is 0 Å². The molecule has 0 fully saturated rings. The number of hydrogen-bond acceptors (Lipinski definition) is 3. The molecule has 0 aliphatic rings. The SMILES string of the molecule is Brc1cnn(CCNCCc2ccsc2)c1. The van der Waals surface area contributed by atoms with Crippen molar-refractivity contribution in [3.05, 3.63) is 39.3 Å². The Bertz CT molecular complexity index is 411. The highest BCUT2D eigenvalue weighted by Crippen LogP contribution is 2.06. The van der Waals surface area contributed by atoms with Gasteiger partial charge in [0.05, 0.1) is 17.2 Å². The van der Waals surface area contributed by atoms with Gasteiger partial charge >= 0.3 is 0 Å². The van der Waals surface area contributed by atoms with Gasteiger partial charge in [-0.3, -0.25) is 4.68 Å². The topological polar surface area (TPSA) is 29.9 Å². The molecule has 0 saturated heterocycles. The summed E-state index contributed by atoms with van der Waals surface area (Å²) in [4.78, 5) is 0. The zero-order valence-electron chi connectivity index (χ0n) is 8.90. The van der Waals surface area contributed by atoms with E-state index < -0.39 is 0 Å². The first-order valence-corrected chi connectivity index (χ1v) is 6.98. The van der Waals surface area contributed by atoms with E-state index >= 15 is 0 Å². The average molecular weight is 300 g/mol. The summed E-state index contributed by atoms with van der Waals surface area (Å²) in [5.74, 6) is 0. The van der Waals surface area contributed by atoms with Crippen LogP contribution in [0, 0.1) is 0 Å². The van der Waals surface area contributed by atoms with Gasteiger partial charge in [-0.25, -0.2) is 0 Å². The van der Waals surface area contributed by atoms with Crippen LogP contribution in [0.3, 0.4) is 0 Å². The molecule has 2 aromatic heterocycles. The highest BCUT2D eigenvalue weighted by atomic mass is 79.9. The van der Waals surface area contributed by atoms with Gasteiger partial charge < -0.3 is 5.32 Å². The van der Waals surface area contributed by atoms with E-state index in [4.69, 9.17) is 0 Å². The van der Waals surface area contributed by atoms with E-state index in [1.807, 2.05) is 17.1 Å². The standard InChI is InChI=1S/C11H14BrN3S/c12-11-7-14-15(8-11)5-4-13-3-1-10-2-6-16-9-10/h2,6-9,13H,1,3-5H2. The van der Waals surface area contributed by atoms with E-state index in [2.05, 4.69) is 43.2 Å². The number of nitrogens with one attached hydrogen (secondary N) is 1. The van der Waals surface area contributed by atoms with Crippen LogP contribution in [0.2, 0.25) is 0 Å². The van der Waals surface area contributed by atoms with Crippen molar-refractivity contribution in [2.24, 2.45) is 0 Å². The number of nitrogens with zero attached hydrogens (tertiary/aromatic N) is 2. The molecule has 2 aromatic rings. The third-order valence-corrected chi connectivity index (χ3v) is 3.43. The number of aromatic nitrogens is 2. The maximum absolute atomic E-state index is 4.19. The van der Waals surface area contributed by atoms with Crippen molar-refractivity contribution in [2.45, 2.75) is 13.0 Å². The first-order chi connectivity index (χ1) is 7.84. The van der Waals surface area contributed by atoms with Crippen molar-refractivity contribution >= 4 is 27.3 Å². The lowest BCUT2D eigenvalue weighted by Crippen LogP contribution is -2.22. The number of halogens is 1. The molecule has 5 heteroatoms. The highest BCUT2D eigenvalue weighted by Gasteiger charge is 1.95. The van der Waals surface area contributed by atoms with E-state index in [9.17, 15) is 0 Å². The van der Waals surface area contributed by atoms with Gasteiger partial charge in [-0.15, -0.1) is 0 Å². The number of rotatable bonds is 6. The van der Waals surface area contributed by atoms with Gasteiger partial charge in [0.15, 0.2) is 0 Å². The molecule has 0 aliphatic heterocycles. The van der Waals surface area contributed by atoms with Gasteiger partial charge in [-0.1, -0.05) is 0 Å². The molecule has 0 spiro atoms. The van der Waals surface area contributed by atoms with Crippen molar-refractivity contribution in [3.63, 3.8) is 0 Å². The van der Waals surface area contributed by atoms with Crippen molar-refractivity contribution in [1.29, 1.82) is 0 Å². The fraction of sp³-hybridized carbons (Fsp3) is 0.364. The van der Waals surface area contributed by atoms with Gasteiger partial charge in [0.25, 0.3) is 0 Å². The summed E-state index contributed by atoms with van der Waals surface area (Å²) in [5, 5.41) is 11.9. The molecule has 0 aliphatic carbocycles. The van der Waals surface area contributed by atoms with Crippen LogP contribution in [0.4, 0.5) is 0 Å². The Hall–Kier alpha value is -0.650. The van der Waals surface area contributed by atoms with E-state index in [1.165, 1.54) is 5.56 Å². The lowest BCUT2D eigenvalue weighted by Gasteiger charge is -2.03. The largest absolute Gasteiger partial charge is 0.315 e. The molecule has 0 unspecified atom stereocenters. The van der Waals surface area contributed by atoms with Crippen LogP contribution in [0.1, 0.15) is 5.56 Å². The fourth-order valence-electron chi connectivity index (χ4n) is 1.45. The van der Waals surface area contributed by atoms with Crippen molar-refractivity contribution in [2.75, 3.05) is 13.1 Å². The lowest BCUT2D eigenvalue weighted by molar-refractivity contribution is 0.556. The van der Waals surface area contributed by atoms with Crippen LogP contribution in [0.5, 0.6) is 0 Å². The summed E-state index contributed by atoms with van der Waals surface area (Å²) in [5.41, 5.74) is 1.42. The van der Waals surface area contributed by atoms with Crippen LogP contribution >= 0.6 is 27.3 Å². The maximum atomic E-state index is 4.19. The fourth-order valence-corrected chi connectivity index (χ4v) is 2.48. The smallest absolute Gasteiger partial charge is 0.0632 e. The lowest BCUT2D eigenvalue weighted by atomic mass is 10.2. The zero-order chi connectivity index (χ0) is 11.2. The number of thiophene rings is 1. The molecule has 2 rings (SSSR count). The molecule has 0 bridgehead atoms. The minimum atomic E-state index is 0.912. The molecular formula is C11H14BrN3S. The Morgan fingerprint density at radius 2 is 2.38 bits per heavy atom. The van der Waals surface area contributed by atoms with Crippen LogP contribution < -0.4 is 5.32 Å². The van der Waals surface area contributed by atoms with Gasteiger partial charge in [-0.2, -0.15) is 16.4 Å². The predicted octanol–water partition coefficient (Wildman–Crippen LogP) is 2.54. The van der Waals surface area contributed by atoms with Crippen molar-refractivity contribution in [1.82, 2.24) is 15.1 Å². The molecule has 0 aromatic carbocycles. The van der Waals surface area contributed by atoms with Crippen LogP contribution in [-0.2, 0) is 13.0 Å². The Morgan fingerprint density at radius 3 is 3.06 bits per heavy atom. The average Bonchev–Trinajstić information content (AvgIpc) is 2.89. The summed E-state index contributed by atoms with van der Waals surface area (Å²) < 4.78 is 2.97. The van der Waals surface area contributed by atoms with Gasteiger partial charge in [0, 0.05) is 12.7 Å². The Morgan fingerprint density at radius 1 is 1.44 bits per heavy atom. The molecular weight excluding hydrogens is 286 g/mol. The van der Waals surface area contributed by atoms with Crippen molar-refractivity contribution in [3.8, 4) is 0 Å². The monoisotopic (exact) mass is 299 g/mol. The summed E-state index contributed by atoms with van der Waals surface area (Å²) in [7, 11) is 0. The first kappa shape index (κ1) is 11.8.